The summed E-state index contributed by atoms with van der Waals surface area (Å²) < 4.78 is 9.72. The van der Waals surface area contributed by atoms with Crippen LogP contribution in [0.1, 0.15) is 18.1 Å². The molecule has 0 bridgehead atoms. The Bertz CT molecular complexity index is 1360. The number of aryl methyl sites for hydroxylation is 1. The molecular formula is C27H30ClN7OS. The number of anilines is 2. The largest absolute Gasteiger partial charge is 0.437 e. The summed E-state index contributed by atoms with van der Waals surface area (Å²) >= 11 is 8.30. The molecule has 0 amide bonds. The average Bonchev–Trinajstić information content (AvgIpc) is 3.43. The first-order valence-electron chi connectivity index (χ1n) is 12.3. The molecule has 1 aliphatic heterocycles. The number of aromatic amines is 1. The molecule has 0 spiro atoms. The highest BCUT2D eigenvalue weighted by Gasteiger charge is 2.22. The zero-order valence-corrected chi connectivity index (χ0v) is 22.7. The van der Waals surface area contributed by atoms with Crippen LogP contribution in [0, 0.1) is 6.92 Å². The van der Waals surface area contributed by atoms with Gasteiger partial charge in [0.15, 0.2) is 0 Å². The van der Waals surface area contributed by atoms with E-state index in [-0.39, 0.29) is 0 Å². The van der Waals surface area contributed by atoms with Crippen molar-refractivity contribution >= 4 is 35.2 Å². The van der Waals surface area contributed by atoms with Crippen molar-refractivity contribution in [2.24, 2.45) is 0 Å². The van der Waals surface area contributed by atoms with E-state index in [1.807, 2.05) is 24.3 Å². The molecule has 0 radical (unpaired) electrons. The molecule has 2 N–H and O–H groups in total. The normalized spacial score (nSPS) is 14.1. The lowest BCUT2D eigenvalue weighted by atomic mass is 10.0. The predicted octanol–water partition coefficient (Wildman–Crippen LogP) is 6.05. The van der Waals surface area contributed by atoms with Gasteiger partial charge in [0.25, 0.3) is 0 Å². The molecule has 1 saturated heterocycles. The van der Waals surface area contributed by atoms with E-state index in [2.05, 4.69) is 63.8 Å². The van der Waals surface area contributed by atoms with Crippen LogP contribution in [0.5, 0.6) is 11.6 Å². The highest BCUT2D eigenvalue weighted by Crippen LogP contribution is 2.40. The number of ether oxygens (including phenoxy) is 1. The lowest BCUT2D eigenvalue weighted by Crippen LogP contribution is -2.44. The van der Waals surface area contributed by atoms with Gasteiger partial charge in [0.2, 0.25) is 11.8 Å². The fourth-order valence-electron chi connectivity index (χ4n) is 4.35. The van der Waals surface area contributed by atoms with E-state index >= 15 is 0 Å². The molecule has 0 saturated carbocycles. The quantitative estimate of drug-likeness (QED) is 0.264. The van der Waals surface area contributed by atoms with Crippen LogP contribution in [0.2, 0.25) is 5.02 Å². The van der Waals surface area contributed by atoms with Crippen LogP contribution in [0.4, 0.5) is 11.6 Å². The Morgan fingerprint density at radius 3 is 2.62 bits per heavy atom. The van der Waals surface area contributed by atoms with Gasteiger partial charge in [0.05, 0.1) is 22.5 Å². The number of hydrogen-bond acceptors (Lipinski definition) is 8. The van der Waals surface area contributed by atoms with Crippen molar-refractivity contribution in [2.45, 2.75) is 25.2 Å². The third kappa shape index (κ3) is 5.69. The van der Waals surface area contributed by atoms with Gasteiger partial charge in [-0.25, -0.2) is 4.98 Å². The minimum Gasteiger partial charge on any atom is -0.437 e. The van der Waals surface area contributed by atoms with E-state index in [9.17, 15) is 0 Å². The average molecular weight is 536 g/mol. The van der Waals surface area contributed by atoms with Crippen molar-refractivity contribution in [2.75, 3.05) is 42.8 Å². The summed E-state index contributed by atoms with van der Waals surface area (Å²) in [5.74, 6) is 1.52. The summed E-state index contributed by atoms with van der Waals surface area (Å²) in [7, 11) is 2.14. The fourth-order valence-corrected chi connectivity index (χ4v) is 5.15. The molecule has 5 rings (SSSR count). The summed E-state index contributed by atoms with van der Waals surface area (Å²) in [5.41, 5.74) is 4.92. The molecule has 4 aromatic rings. The van der Waals surface area contributed by atoms with Crippen molar-refractivity contribution in [1.82, 2.24) is 25.1 Å². The molecule has 2 aromatic carbocycles. The highest BCUT2D eigenvalue weighted by atomic mass is 35.5. The second kappa shape index (κ2) is 11.4. The summed E-state index contributed by atoms with van der Waals surface area (Å²) in [6.07, 6.45) is 4.24. The molecular weight excluding hydrogens is 506 g/mol. The van der Waals surface area contributed by atoms with E-state index in [1.54, 1.807) is 12.4 Å². The van der Waals surface area contributed by atoms with Gasteiger partial charge in [-0.2, -0.15) is 10.1 Å². The van der Waals surface area contributed by atoms with Crippen molar-refractivity contribution in [3.8, 4) is 22.9 Å². The summed E-state index contributed by atoms with van der Waals surface area (Å²) in [6.45, 7) is 8.01. The Morgan fingerprint density at radius 2 is 1.89 bits per heavy atom. The number of halogens is 1. The second-order valence-electron chi connectivity index (χ2n) is 8.97. The number of H-pyrrole nitrogens is 1. The molecule has 2 aromatic heterocycles. The Labute approximate surface area is 226 Å². The van der Waals surface area contributed by atoms with Gasteiger partial charge in [-0.1, -0.05) is 48.9 Å². The minimum absolute atomic E-state index is 0.447. The van der Waals surface area contributed by atoms with Crippen LogP contribution in [0.3, 0.4) is 0 Å². The zero-order valence-electron chi connectivity index (χ0n) is 21.2. The Kier molecular flexibility index (Phi) is 7.83. The van der Waals surface area contributed by atoms with Gasteiger partial charge in [-0.3, -0.25) is 9.82 Å². The third-order valence-electron chi connectivity index (χ3n) is 6.45. The van der Waals surface area contributed by atoms with E-state index in [4.69, 9.17) is 26.3 Å². The maximum atomic E-state index is 6.92. The molecule has 1 fully saturated rings. The number of benzene rings is 2. The van der Waals surface area contributed by atoms with Crippen LogP contribution in [-0.2, 0) is 6.42 Å². The topological polar surface area (TPSA) is 82.2 Å². The van der Waals surface area contributed by atoms with Gasteiger partial charge >= 0.3 is 0 Å². The first-order chi connectivity index (χ1) is 18.0. The number of hydrogen-bond donors (Lipinski definition) is 2. The molecule has 0 aliphatic carbocycles. The lowest BCUT2D eigenvalue weighted by Gasteiger charge is -2.34. The monoisotopic (exact) mass is 535 g/mol. The molecule has 37 heavy (non-hydrogen) atoms. The minimum atomic E-state index is 0.447. The molecule has 8 nitrogen and oxygen atoms in total. The van der Waals surface area contributed by atoms with E-state index in [0.717, 1.165) is 59.1 Å². The van der Waals surface area contributed by atoms with E-state index in [1.165, 1.54) is 11.9 Å². The Morgan fingerprint density at radius 1 is 1.08 bits per heavy atom. The van der Waals surface area contributed by atoms with Gasteiger partial charge in [-0.15, -0.1) is 0 Å². The molecule has 0 unspecified atom stereocenters. The Balaban J connectivity index is 1.53. The third-order valence-corrected chi connectivity index (χ3v) is 7.57. The van der Waals surface area contributed by atoms with E-state index < -0.39 is 0 Å². The van der Waals surface area contributed by atoms with Crippen LogP contribution in [-0.4, -0.2) is 58.3 Å². The van der Waals surface area contributed by atoms with Crippen LogP contribution >= 0.6 is 23.5 Å². The predicted molar refractivity (Wildman–Crippen MR) is 151 cm³/mol. The number of likely N-dealkylation sites (N-methyl/N-ethyl adjacent to an activating group) is 1. The van der Waals surface area contributed by atoms with Crippen molar-refractivity contribution in [3.05, 3.63) is 71.0 Å². The van der Waals surface area contributed by atoms with Crippen molar-refractivity contribution in [3.63, 3.8) is 0 Å². The summed E-state index contributed by atoms with van der Waals surface area (Å²) in [4.78, 5) is 15.2. The van der Waals surface area contributed by atoms with Gasteiger partial charge < -0.3 is 14.5 Å². The van der Waals surface area contributed by atoms with Crippen molar-refractivity contribution in [1.29, 1.82) is 0 Å². The molecule has 0 atom stereocenters. The number of aromatic nitrogens is 4. The smallest absolute Gasteiger partial charge is 0.237 e. The van der Waals surface area contributed by atoms with Gasteiger partial charge in [0, 0.05) is 43.5 Å². The maximum absolute atomic E-state index is 6.92. The molecule has 192 valence electrons. The van der Waals surface area contributed by atoms with E-state index in [0.29, 0.717) is 29.0 Å². The number of rotatable bonds is 8. The zero-order chi connectivity index (χ0) is 25.8. The Hall–Kier alpha value is -3.27. The first-order valence-corrected chi connectivity index (χ1v) is 13.5. The lowest BCUT2D eigenvalue weighted by molar-refractivity contribution is 0.313. The summed E-state index contributed by atoms with van der Waals surface area (Å²) in [5, 5.41) is 7.41. The fraction of sp³-hybridized carbons (Fsp3) is 0.296. The summed E-state index contributed by atoms with van der Waals surface area (Å²) in [6, 6.07) is 14.1. The van der Waals surface area contributed by atoms with Crippen LogP contribution in [0.25, 0.3) is 11.3 Å². The molecule has 3 heterocycles. The maximum Gasteiger partial charge on any atom is 0.237 e. The van der Waals surface area contributed by atoms with Crippen LogP contribution < -0.4 is 14.4 Å². The number of piperazine rings is 1. The molecule has 1 aliphatic rings. The second-order valence-corrected chi connectivity index (χ2v) is 10.2. The molecule has 10 heteroatoms. The highest BCUT2D eigenvalue weighted by molar-refractivity contribution is 8.00. The van der Waals surface area contributed by atoms with Crippen molar-refractivity contribution < 1.29 is 4.74 Å². The van der Waals surface area contributed by atoms with Gasteiger partial charge in [-0.05, 0) is 50.0 Å². The number of nitrogens with zero attached hydrogens (tertiary/aromatic N) is 5. The first kappa shape index (κ1) is 25.4. The van der Waals surface area contributed by atoms with Gasteiger partial charge in [0.1, 0.15) is 10.8 Å². The number of nitrogens with one attached hydrogen (secondary N) is 2. The standard InChI is InChI=1S/C27H30ClN7OS/c1-4-20-25(21-9-6-5-8-18(21)2)31-27(33-37-19-16-29-30-17-19)32-26(20)36-23-11-7-10-22(24(23)28)35-14-12-34(3)13-15-35/h5-11,16-17H,4,12-15H2,1-3H3,(H,29,30)(H,31,32,33). The van der Waals surface area contributed by atoms with Crippen LogP contribution in [0.15, 0.2) is 59.8 Å². The SMILES string of the molecule is CCc1c(Oc2cccc(N3CCN(C)CC3)c2Cl)nc(NSc2cn[nH]c2)nc1-c1ccccc1C.